The smallest absolute Gasteiger partial charge is 0.337 e. The van der Waals surface area contributed by atoms with Crippen molar-refractivity contribution in [1.82, 2.24) is 4.57 Å². The lowest BCUT2D eigenvalue weighted by atomic mass is 9.99. The number of carboxylic acid groups (broad SMARTS) is 1. The van der Waals surface area contributed by atoms with Crippen LogP contribution in [0.1, 0.15) is 60.8 Å². The van der Waals surface area contributed by atoms with E-state index in [2.05, 4.69) is 38.3 Å². The van der Waals surface area contributed by atoms with Crippen LogP contribution in [0, 0.1) is 6.92 Å². The molecule has 3 heteroatoms. The lowest BCUT2D eigenvalue weighted by Crippen LogP contribution is -2.04. The Morgan fingerprint density at radius 3 is 2.48 bits per heavy atom. The van der Waals surface area contributed by atoms with Gasteiger partial charge in [0.25, 0.3) is 0 Å². The maximum atomic E-state index is 11.7. The van der Waals surface area contributed by atoms with Gasteiger partial charge in [0, 0.05) is 17.6 Å². The van der Waals surface area contributed by atoms with E-state index in [0.29, 0.717) is 5.56 Å². The number of rotatable bonds is 6. The largest absolute Gasteiger partial charge is 0.478 e. The van der Waals surface area contributed by atoms with Gasteiger partial charge in [0.05, 0.1) is 11.1 Å². The molecule has 0 amide bonds. The maximum Gasteiger partial charge on any atom is 0.337 e. The summed E-state index contributed by atoms with van der Waals surface area (Å²) in [5, 5.41) is 10.7. The first-order valence-corrected chi connectivity index (χ1v) is 7.92. The molecule has 114 valence electrons. The molecule has 0 unspecified atom stereocenters. The predicted molar refractivity (Wildman–Crippen MR) is 87.3 cm³/mol. The van der Waals surface area contributed by atoms with Crippen molar-refractivity contribution in [2.45, 2.75) is 59.9 Å². The second-order valence-electron chi connectivity index (χ2n) is 5.61. The third-order valence-corrected chi connectivity index (χ3v) is 4.34. The van der Waals surface area contributed by atoms with Crippen LogP contribution < -0.4 is 0 Å². The molecule has 0 aliphatic carbocycles. The van der Waals surface area contributed by atoms with Gasteiger partial charge in [0.1, 0.15) is 0 Å². The van der Waals surface area contributed by atoms with Crippen molar-refractivity contribution in [1.29, 1.82) is 0 Å². The number of hydrogen-bond donors (Lipinski definition) is 1. The Morgan fingerprint density at radius 1 is 1.24 bits per heavy atom. The van der Waals surface area contributed by atoms with Crippen LogP contribution in [-0.2, 0) is 19.4 Å². The van der Waals surface area contributed by atoms with Crippen LogP contribution in [0.2, 0.25) is 0 Å². The Kier molecular flexibility index (Phi) is 4.71. The Labute approximate surface area is 126 Å². The Balaban J connectivity index is 2.82. The number of hydrogen-bond acceptors (Lipinski definition) is 1. The number of unbranched alkanes of at least 4 members (excludes halogenated alkanes) is 1. The van der Waals surface area contributed by atoms with Gasteiger partial charge in [-0.1, -0.05) is 20.3 Å². The van der Waals surface area contributed by atoms with E-state index in [1.165, 1.54) is 11.3 Å². The molecular weight excluding hydrogens is 262 g/mol. The average Bonchev–Trinajstić information content (AvgIpc) is 2.75. The zero-order chi connectivity index (χ0) is 15.6. The van der Waals surface area contributed by atoms with Gasteiger partial charge in [-0.15, -0.1) is 0 Å². The van der Waals surface area contributed by atoms with Crippen LogP contribution in [0.15, 0.2) is 12.1 Å². The van der Waals surface area contributed by atoms with Gasteiger partial charge in [-0.05, 0) is 56.4 Å². The van der Waals surface area contributed by atoms with Gasteiger partial charge in [-0.25, -0.2) is 4.79 Å². The highest BCUT2D eigenvalue weighted by Gasteiger charge is 2.19. The first-order valence-electron chi connectivity index (χ1n) is 7.92. The van der Waals surface area contributed by atoms with Crippen molar-refractivity contribution in [3.63, 3.8) is 0 Å². The highest BCUT2D eigenvalue weighted by Crippen LogP contribution is 2.31. The molecule has 0 saturated heterocycles. The van der Waals surface area contributed by atoms with E-state index in [9.17, 15) is 9.90 Å². The van der Waals surface area contributed by atoms with E-state index in [1.54, 1.807) is 0 Å². The number of aromatic nitrogens is 1. The van der Waals surface area contributed by atoms with E-state index >= 15 is 0 Å². The topological polar surface area (TPSA) is 42.2 Å². The van der Waals surface area contributed by atoms with Crippen LogP contribution in [0.25, 0.3) is 10.9 Å². The molecule has 2 aromatic rings. The van der Waals surface area contributed by atoms with Gasteiger partial charge in [-0.2, -0.15) is 0 Å². The number of carbonyl (C=O) groups is 1. The van der Waals surface area contributed by atoms with Crippen LogP contribution in [0.4, 0.5) is 0 Å². The molecule has 0 aliphatic heterocycles. The summed E-state index contributed by atoms with van der Waals surface area (Å²) in [5.41, 5.74) is 4.98. The number of nitrogens with zero attached hydrogens (tertiary/aromatic N) is 1. The number of aromatic carboxylic acids is 1. The summed E-state index contributed by atoms with van der Waals surface area (Å²) in [7, 11) is 0. The molecule has 1 aromatic carbocycles. The molecule has 3 nitrogen and oxygen atoms in total. The fourth-order valence-corrected chi connectivity index (χ4v) is 3.17. The van der Waals surface area contributed by atoms with E-state index in [1.807, 2.05) is 6.07 Å². The molecule has 21 heavy (non-hydrogen) atoms. The highest BCUT2D eigenvalue weighted by molar-refractivity contribution is 6.04. The molecule has 0 spiro atoms. The van der Waals surface area contributed by atoms with Gasteiger partial charge >= 0.3 is 5.97 Å². The van der Waals surface area contributed by atoms with Crippen LogP contribution >= 0.6 is 0 Å². The lowest BCUT2D eigenvalue weighted by Gasteiger charge is -2.08. The lowest BCUT2D eigenvalue weighted by molar-refractivity contribution is 0.0698. The predicted octanol–water partition coefficient (Wildman–Crippen LogP) is 4.57. The van der Waals surface area contributed by atoms with Gasteiger partial charge in [0.15, 0.2) is 0 Å². The number of aryl methyl sites for hydroxylation is 3. The molecule has 1 heterocycles. The highest BCUT2D eigenvalue weighted by atomic mass is 16.4. The van der Waals surface area contributed by atoms with Crippen LogP contribution in [0.5, 0.6) is 0 Å². The Morgan fingerprint density at radius 2 is 1.95 bits per heavy atom. The monoisotopic (exact) mass is 287 g/mol. The van der Waals surface area contributed by atoms with Crippen molar-refractivity contribution < 1.29 is 9.90 Å². The number of benzene rings is 1. The molecule has 0 radical (unpaired) electrons. The summed E-state index contributed by atoms with van der Waals surface area (Å²) < 4.78 is 2.16. The van der Waals surface area contributed by atoms with E-state index < -0.39 is 5.97 Å². The zero-order valence-electron chi connectivity index (χ0n) is 13.5. The first kappa shape index (κ1) is 15.6. The molecule has 2 rings (SSSR count). The fourth-order valence-electron chi connectivity index (χ4n) is 3.17. The quantitative estimate of drug-likeness (QED) is 0.845. The normalized spacial score (nSPS) is 11.2. The minimum absolute atomic E-state index is 0.442. The van der Waals surface area contributed by atoms with Gasteiger partial charge < -0.3 is 9.67 Å². The minimum Gasteiger partial charge on any atom is -0.478 e. The zero-order valence-corrected chi connectivity index (χ0v) is 13.5. The van der Waals surface area contributed by atoms with Crippen LogP contribution in [-0.4, -0.2) is 15.6 Å². The van der Waals surface area contributed by atoms with Crippen molar-refractivity contribution in [3.8, 4) is 0 Å². The Hall–Kier alpha value is -1.77. The van der Waals surface area contributed by atoms with Crippen molar-refractivity contribution in [2.75, 3.05) is 0 Å². The molecule has 1 N–H and O–H groups in total. The number of fused-ring (bicyclic) bond motifs is 1. The molecule has 0 atom stereocenters. The summed E-state index contributed by atoms with van der Waals surface area (Å²) in [6, 6.07) is 4.02. The summed E-state index contributed by atoms with van der Waals surface area (Å²) in [6.45, 7) is 9.26. The second kappa shape index (κ2) is 6.33. The Bertz CT molecular complexity index is 668. The number of carboxylic acids is 1. The second-order valence-corrected chi connectivity index (χ2v) is 5.61. The van der Waals surface area contributed by atoms with E-state index in [0.717, 1.165) is 48.7 Å². The first-order chi connectivity index (χ1) is 10.0. The van der Waals surface area contributed by atoms with Crippen molar-refractivity contribution in [3.05, 3.63) is 34.5 Å². The summed E-state index contributed by atoms with van der Waals surface area (Å²) in [4.78, 5) is 11.7. The third kappa shape index (κ3) is 2.69. The van der Waals surface area contributed by atoms with E-state index in [4.69, 9.17) is 0 Å². The fraction of sp³-hybridized carbons (Fsp3) is 0.500. The van der Waals surface area contributed by atoms with Crippen LogP contribution in [0.3, 0.4) is 0 Å². The summed E-state index contributed by atoms with van der Waals surface area (Å²) in [5.74, 6) is -0.829. The van der Waals surface area contributed by atoms with Gasteiger partial charge in [0.2, 0.25) is 0 Å². The molecule has 0 fully saturated rings. The van der Waals surface area contributed by atoms with Crippen molar-refractivity contribution >= 4 is 16.9 Å². The third-order valence-electron chi connectivity index (χ3n) is 4.34. The molecule has 0 saturated carbocycles. The van der Waals surface area contributed by atoms with Gasteiger partial charge in [-0.3, -0.25) is 0 Å². The standard InChI is InChI=1S/C18H25NO2/c1-5-8-9-14-12(4)19(7-3)17-15(14)10-13(6-2)11-16(17)18(20)21/h10-11H,5-9H2,1-4H3,(H,20,21). The molecular formula is C18H25NO2. The molecule has 0 bridgehead atoms. The molecule has 0 aliphatic rings. The average molecular weight is 287 g/mol. The minimum atomic E-state index is -0.829. The summed E-state index contributed by atoms with van der Waals surface area (Å²) >= 11 is 0. The SMILES string of the molecule is CCCCc1c(C)n(CC)c2c(C(=O)O)cc(CC)cc12. The summed E-state index contributed by atoms with van der Waals surface area (Å²) in [6.07, 6.45) is 4.18. The van der Waals surface area contributed by atoms with E-state index in [-0.39, 0.29) is 0 Å². The van der Waals surface area contributed by atoms with Crippen molar-refractivity contribution in [2.24, 2.45) is 0 Å². The maximum absolute atomic E-state index is 11.7. The molecule has 1 aromatic heterocycles.